The molecule has 3 heteroatoms. The smallest absolute Gasteiger partial charge is 0.222 e. The van der Waals surface area contributed by atoms with Crippen LogP contribution >= 0.6 is 0 Å². The molecule has 0 heterocycles. The van der Waals surface area contributed by atoms with Gasteiger partial charge in [-0.1, -0.05) is 20.8 Å². The summed E-state index contributed by atoms with van der Waals surface area (Å²) in [5.41, 5.74) is 0.0323. The molecular weight excluding hydrogens is 154 g/mol. The molecule has 0 bridgehead atoms. The van der Waals surface area contributed by atoms with Crippen LogP contribution in [0.4, 0.5) is 0 Å². The lowest BCUT2D eigenvalue weighted by Crippen LogP contribution is -2.37. The number of rotatable bonds is 3. The number of carbonyl (C=O) groups excluding carboxylic acids is 2. The van der Waals surface area contributed by atoms with E-state index in [9.17, 15) is 9.59 Å². The Balaban J connectivity index is 4.00. The van der Waals surface area contributed by atoms with Gasteiger partial charge in [0.2, 0.25) is 12.2 Å². The van der Waals surface area contributed by atoms with Crippen LogP contribution < -0.4 is 5.32 Å². The molecule has 69 valence electrons. The van der Waals surface area contributed by atoms with E-state index in [-0.39, 0.29) is 11.3 Å². The normalized spacial score (nSPS) is 13.7. The van der Waals surface area contributed by atoms with Crippen LogP contribution in [0.2, 0.25) is 0 Å². The van der Waals surface area contributed by atoms with Gasteiger partial charge in [0, 0.05) is 6.92 Å². The fourth-order valence-electron chi connectivity index (χ4n) is 0.980. The maximum absolute atomic E-state index is 10.6. The summed E-state index contributed by atoms with van der Waals surface area (Å²) >= 11 is 0. The minimum absolute atomic E-state index is 0.0323. The third-order valence-electron chi connectivity index (χ3n) is 1.34. The maximum Gasteiger partial charge on any atom is 0.222 e. The van der Waals surface area contributed by atoms with Crippen molar-refractivity contribution < 1.29 is 9.59 Å². The number of amides is 1. The summed E-state index contributed by atoms with van der Waals surface area (Å²) in [6, 6.07) is -0.470. The average Bonchev–Trinajstić information content (AvgIpc) is 1.82. The van der Waals surface area contributed by atoms with E-state index in [1.165, 1.54) is 6.92 Å². The molecule has 0 aromatic heterocycles. The Hall–Kier alpha value is -0.860. The van der Waals surface area contributed by atoms with Crippen molar-refractivity contribution in [1.82, 2.24) is 5.32 Å². The Morgan fingerprint density at radius 3 is 2.25 bits per heavy atom. The quantitative estimate of drug-likeness (QED) is 0.687. The Morgan fingerprint density at radius 1 is 1.50 bits per heavy atom. The predicted molar refractivity (Wildman–Crippen MR) is 47.4 cm³/mol. The average molecular weight is 170 g/mol. The predicted octanol–water partition coefficient (Wildman–Crippen LogP) is 1.04. The van der Waals surface area contributed by atoms with Crippen molar-refractivity contribution in [2.75, 3.05) is 0 Å². The van der Waals surface area contributed by atoms with Crippen LogP contribution in [0, 0.1) is 5.41 Å². The topological polar surface area (TPSA) is 46.2 Å². The Labute approximate surface area is 73.5 Å². The standard InChI is InChI=1S/C9H16NO2/c1-7(12)10-8(6-11)5-9(2,3)4/h8H,5H2,1-4H3,(H,10,12). The highest BCUT2D eigenvalue weighted by Gasteiger charge is 2.19. The Morgan fingerprint density at radius 2 is 2.00 bits per heavy atom. The molecule has 1 radical (unpaired) electrons. The zero-order valence-electron chi connectivity index (χ0n) is 8.10. The highest BCUT2D eigenvalue weighted by molar-refractivity contribution is 5.77. The molecule has 0 aliphatic carbocycles. The van der Waals surface area contributed by atoms with E-state index in [1.807, 2.05) is 27.1 Å². The number of hydrogen-bond acceptors (Lipinski definition) is 2. The number of carbonyl (C=O) groups is 1. The largest absolute Gasteiger partial charge is 0.346 e. The lowest BCUT2D eigenvalue weighted by atomic mass is 9.88. The van der Waals surface area contributed by atoms with Gasteiger partial charge in [-0.3, -0.25) is 9.59 Å². The SMILES string of the molecule is CC(=O)NC([C]=O)CC(C)(C)C. The van der Waals surface area contributed by atoms with Crippen molar-refractivity contribution in [1.29, 1.82) is 0 Å². The molecule has 0 saturated heterocycles. The van der Waals surface area contributed by atoms with Crippen molar-refractivity contribution in [2.45, 2.75) is 40.2 Å². The van der Waals surface area contributed by atoms with Crippen molar-refractivity contribution in [3.8, 4) is 0 Å². The first kappa shape index (κ1) is 11.1. The number of nitrogens with one attached hydrogen (secondary N) is 1. The van der Waals surface area contributed by atoms with E-state index >= 15 is 0 Å². The molecule has 0 aliphatic heterocycles. The molecule has 0 spiro atoms. The summed E-state index contributed by atoms with van der Waals surface area (Å²) in [6.45, 7) is 7.43. The Kier molecular flexibility index (Phi) is 3.93. The summed E-state index contributed by atoms with van der Waals surface area (Å²) < 4.78 is 0. The molecular formula is C9H16NO2. The summed E-state index contributed by atoms with van der Waals surface area (Å²) in [5, 5.41) is 2.52. The van der Waals surface area contributed by atoms with E-state index in [0.29, 0.717) is 6.42 Å². The first-order chi connectivity index (χ1) is 5.35. The van der Waals surface area contributed by atoms with Crippen LogP contribution in [0.1, 0.15) is 34.1 Å². The molecule has 12 heavy (non-hydrogen) atoms. The monoisotopic (exact) mass is 170 g/mol. The molecule has 0 aromatic rings. The van der Waals surface area contributed by atoms with Gasteiger partial charge in [-0.25, -0.2) is 0 Å². The van der Waals surface area contributed by atoms with Crippen LogP contribution in [-0.4, -0.2) is 18.2 Å². The lowest BCUT2D eigenvalue weighted by molar-refractivity contribution is -0.119. The maximum atomic E-state index is 10.6. The highest BCUT2D eigenvalue weighted by Crippen LogP contribution is 2.19. The van der Waals surface area contributed by atoms with Crippen molar-refractivity contribution >= 4 is 12.2 Å². The first-order valence-corrected chi connectivity index (χ1v) is 4.00. The molecule has 0 rings (SSSR count). The zero-order chi connectivity index (χ0) is 9.78. The Bertz CT molecular complexity index is 170. The van der Waals surface area contributed by atoms with Crippen molar-refractivity contribution in [2.24, 2.45) is 5.41 Å². The van der Waals surface area contributed by atoms with E-state index in [1.54, 1.807) is 0 Å². The van der Waals surface area contributed by atoms with E-state index in [0.717, 1.165) is 0 Å². The van der Waals surface area contributed by atoms with Gasteiger partial charge >= 0.3 is 0 Å². The van der Waals surface area contributed by atoms with Gasteiger partial charge < -0.3 is 5.32 Å². The zero-order valence-corrected chi connectivity index (χ0v) is 8.10. The minimum Gasteiger partial charge on any atom is -0.346 e. The van der Waals surface area contributed by atoms with Crippen LogP contribution in [0.25, 0.3) is 0 Å². The summed E-state index contributed by atoms with van der Waals surface area (Å²) in [6.07, 6.45) is 2.43. The van der Waals surface area contributed by atoms with Gasteiger partial charge in [-0.2, -0.15) is 0 Å². The third kappa shape index (κ3) is 5.89. The van der Waals surface area contributed by atoms with Crippen LogP contribution in [0.3, 0.4) is 0 Å². The van der Waals surface area contributed by atoms with Gasteiger partial charge in [0.25, 0.3) is 0 Å². The van der Waals surface area contributed by atoms with Crippen molar-refractivity contribution in [3.63, 3.8) is 0 Å². The van der Waals surface area contributed by atoms with Gasteiger partial charge in [-0.15, -0.1) is 0 Å². The lowest BCUT2D eigenvalue weighted by Gasteiger charge is -2.21. The van der Waals surface area contributed by atoms with Crippen LogP contribution in [-0.2, 0) is 9.59 Å². The second-order valence-corrected chi connectivity index (χ2v) is 4.14. The third-order valence-corrected chi connectivity index (χ3v) is 1.34. The van der Waals surface area contributed by atoms with E-state index in [2.05, 4.69) is 5.32 Å². The van der Waals surface area contributed by atoms with Gasteiger partial charge in [-0.05, 0) is 11.8 Å². The van der Waals surface area contributed by atoms with Gasteiger partial charge in [0.1, 0.15) is 0 Å². The fraction of sp³-hybridized carbons (Fsp3) is 0.778. The molecule has 0 aromatic carbocycles. The van der Waals surface area contributed by atoms with E-state index < -0.39 is 6.04 Å². The molecule has 0 fully saturated rings. The molecule has 1 unspecified atom stereocenters. The molecule has 0 aliphatic rings. The highest BCUT2D eigenvalue weighted by atomic mass is 16.2. The first-order valence-electron chi connectivity index (χ1n) is 4.00. The fourth-order valence-corrected chi connectivity index (χ4v) is 0.980. The molecule has 0 saturated carbocycles. The van der Waals surface area contributed by atoms with Crippen molar-refractivity contribution in [3.05, 3.63) is 0 Å². The second-order valence-electron chi connectivity index (χ2n) is 4.14. The molecule has 1 atom stereocenters. The molecule has 1 amide bonds. The van der Waals surface area contributed by atoms with E-state index in [4.69, 9.17) is 0 Å². The van der Waals surface area contributed by atoms with Crippen LogP contribution in [0.15, 0.2) is 0 Å². The molecule has 1 N–H and O–H groups in total. The number of hydrogen-bond donors (Lipinski definition) is 1. The summed E-state index contributed by atoms with van der Waals surface area (Å²) in [7, 11) is 0. The van der Waals surface area contributed by atoms with Gasteiger partial charge in [0.05, 0.1) is 6.04 Å². The summed E-state index contributed by atoms with van der Waals surface area (Å²) in [4.78, 5) is 21.0. The van der Waals surface area contributed by atoms with Crippen LogP contribution in [0.5, 0.6) is 0 Å². The van der Waals surface area contributed by atoms with Gasteiger partial charge in [0.15, 0.2) is 0 Å². The summed E-state index contributed by atoms with van der Waals surface area (Å²) in [5.74, 6) is -0.187. The molecule has 3 nitrogen and oxygen atoms in total. The minimum atomic E-state index is -0.470. The second kappa shape index (κ2) is 4.24.